The average Bonchev–Trinajstić information content (AvgIpc) is 2.57. The van der Waals surface area contributed by atoms with Crippen molar-refractivity contribution in [2.24, 2.45) is 0 Å². The van der Waals surface area contributed by atoms with E-state index in [1.54, 1.807) is 19.1 Å². The molecule has 0 aromatic carbocycles. The van der Waals surface area contributed by atoms with Crippen molar-refractivity contribution < 1.29 is 4.79 Å². The van der Waals surface area contributed by atoms with Gasteiger partial charge in [0.05, 0.1) is 0 Å². The van der Waals surface area contributed by atoms with Crippen LogP contribution in [0.4, 0.5) is 0 Å². The number of carbonyl (C=O) groups excluding carboxylic acids is 1. The largest absolute Gasteiger partial charge is 0.349 e. The number of hydrogen-bond donors (Lipinski definition) is 2. The number of carbonyl (C=O) groups is 1. The monoisotopic (exact) mass is 248 g/mol. The number of pyridine rings is 1. The lowest BCUT2D eigenvalue weighted by atomic mass is 10.1. The summed E-state index contributed by atoms with van der Waals surface area (Å²) in [5.74, 6) is -0.247. The highest BCUT2D eigenvalue weighted by atomic mass is 16.2. The second-order valence-corrected chi connectivity index (χ2v) is 5.05. The second kappa shape index (κ2) is 5.85. The Hall–Kier alpha value is -1.58. The Morgan fingerprint density at radius 2 is 1.89 bits per heavy atom. The van der Waals surface area contributed by atoms with Crippen LogP contribution < -0.4 is 10.9 Å². The Bertz CT molecular complexity index is 471. The fourth-order valence-electron chi connectivity index (χ4n) is 2.44. The number of aromatic nitrogens is 1. The number of hydrogen-bond acceptors (Lipinski definition) is 2. The van der Waals surface area contributed by atoms with E-state index in [1.807, 2.05) is 0 Å². The molecular weight excluding hydrogens is 228 g/mol. The minimum atomic E-state index is -0.305. The Labute approximate surface area is 107 Å². The quantitative estimate of drug-likeness (QED) is 0.788. The van der Waals surface area contributed by atoms with Crippen molar-refractivity contribution in [3.63, 3.8) is 0 Å². The summed E-state index contributed by atoms with van der Waals surface area (Å²) in [6.45, 7) is 1.80. The van der Waals surface area contributed by atoms with Gasteiger partial charge in [0, 0.05) is 11.7 Å². The van der Waals surface area contributed by atoms with Crippen LogP contribution in [0.15, 0.2) is 16.9 Å². The SMILES string of the molecule is Cc1ccc(C(=O)NC2CCCCCC2)c(=O)[nH]1. The van der Waals surface area contributed by atoms with Gasteiger partial charge in [-0.05, 0) is 31.9 Å². The first-order valence-corrected chi connectivity index (χ1v) is 6.67. The number of aromatic amines is 1. The van der Waals surface area contributed by atoms with Gasteiger partial charge < -0.3 is 10.3 Å². The third kappa shape index (κ3) is 3.22. The predicted molar refractivity (Wildman–Crippen MR) is 70.8 cm³/mol. The number of H-pyrrole nitrogens is 1. The van der Waals surface area contributed by atoms with Crippen LogP contribution in [0.5, 0.6) is 0 Å². The predicted octanol–water partition coefficient (Wildman–Crippen LogP) is 2.14. The highest BCUT2D eigenvalue weighted by Crippen LogP contribution is 2.17. The molecule has 0 spiro atoms. The maximum atomic E-state index is 12.0. The van der Waals surface area contributed by atoms with Crippen molar-refractivity contribution in [2.45, 2.75) is 51.5 Å². The minimum absolute atomic E-state index is 0.213. The highest BCUT2D eigenvalue weighted by Gasteiger charge is 2.17. The molecule has 0 saturated heterocycles. The molecule has 0 unspecified atom stereocenters. The molecule has 98 valence electrons. The first-order valence-electron chi connectivity index (χ1n) is 6.67. The summed E-state index contributed by atoms with van der Waals surface area (Å²) >= 11 is 0. The van der Waals surface area contributed by atoms with Gasteiger partial charge in [-0.2, -0.15) is 0 Å². The lowest BCUT2D eigenvalue weighted by molar-refractivity contribution is 0.0932. The standard InChI is InChI=1S/C14H20N2O2/c1-10-8-9-12(13(17)15-10)14(18)16-11-6-4-2-3-5-7-11/h8-9,11H,2-7H2,1H3,(H,15,17)(H,16,18). The van der Waals surface area contributed by atoms with Crippen LogP contribution in [-0.4, -0.2) is 16.9 Å². The van der Waals surface area contributed by atoms with Gasteiger partial charge in [0.2, 0.25) is 0 Å². The van der Waals surface area contributed by atoms with Crippen LogP contribution in [0.1, 0.15) is 54.6 Å². The number of nitrogens with one attached hydrogen (secondary N) is 2. The molecule has 1 aromatic heterocycles. The van der Waals surface area contributed by atoms with Crippen molar-refractivity contribution in [3.05, 3.63) is 33.7 Å². The Kier molecular flexibility index (Phi) is 4.18. The molecule has 1 aliphatic rings. The summed E-state index contributed by atoms with van der Waals surface area (Å²) in [4.78, 5) is 26.4. The summed E-state index contributed by atoms with van der Waals surface area (Å²) in [7, 11) is 0. The van der Waals surface area contributed by atoms with Crippen LogP contribution in [0.2, 0.25) is 0 Å². The molecule has 18 heavy (non-hydrogen) atoms. The van der Waals surface area contributed by atoms with E-state index in [-0.39, 0.29) is 23.1 Å². The van der Waals surface area contributed by atoms with E-state index >= 15 is 0 Å². The maximum Gasteiger partial charge on any atom is 0.260 e. The fraction of sp³-hybridized carbons (Fsp3) is 0.571. The van der Waals surface area contributed by atoms with Gasteiger partial charge in [-0.3, -0.25) is 9.59 Å². The zero-order chi connectivity index (χ0) is 13.0. The van der Waals surface area contributed by atoms with E-state index < -0.39 is 0 Å². The van der Waals surface area contributed by atoms with Crippen LogP contribution in [0.3, 0.4) is 0 Å². The average molecular weight is 248 g/mol. The maximum absolute atomic E-state index is 12.0. The van der Waals surface area contributed by atoms with E-state index in [4.69, 9.17) is 0 Å². The van der Waals surface area contributed by atoms with Gasteiger partial charge in [0.15, 0.2) is 0 Å². The lowest BCUT2D eigenvalue weighted by Gasteiger charge is -2.15. The summed E-state index contributed by atoms with van der Waals surface area (Å²) in [6, 6.07) is 3.57. The molecule has 0 radical (unpaired) electrons. The molecule has 4 heteroatoms. The first kappa shape index (κ1) is 12.9. The van der Waals surface area contributed by atoms with Gasteiger partial charge in [-0.25, -0.2) is 0 Å². The van der Waals surface area contributed by atoms with Crippen molar-refractivity contribution in [1.82, 2.24) is 10.3 Å². The minimum Gasteiger partial charge on any atom is -0.349 e. The summed E-state index contributed by atoms with van der Waals surface area (Å²) in [5, 5.41) is 2.98. The molecule has 1 fully saturated rings. The fourth-order valence-corrected chi connectivity index (χ4v) is 2.44. The number of rotatable bonds is 2. The second-order valence-electron chi connectivity index (χ2n) is 5.05. The van der Waals surface area contributed by atoms with E-state index in [0.29, 0.717) is 0 Å². The van der Waals surface area contributed by atoms with Crippen molar-refractivity contribution in [3.8, 4) is 0 Å². The molecule has 1 aliphatic carbocycles. The first-order chi connectivity index (χ1) is 8.66. The van der Waals surface area contributed by atoms with Crippen molar-refractivity contribution in [2.75, 3.05) is 0 Å². The molecular formula is C14H20N2O2. The van der Waals surface area contributed by atoms with Gasteiger partial charge in [0.1, 0.15) is 5.56 Å². The molecule has 0 bridgehead atoms. The van der Waals surface area contributed by atoms with Crippen LogP contribution in [0.25, 0.3) is 0 Å². The molecule has 1 heterocycles. The van der Waals surface area contributed by atoms with E-state index in [1.165, 1.54) is 12.8 Å². The van der Waals surface area contributed by atoms with Crippen LogP contribution >= 0.6 is 0 Å². The van der Waals surface area contributed by atoms with Gasteiger partial charge in [-0.15, -0.1) is 0 Å². The molecule has 1 aromatic rings. The molecule has 2 N–H and O–H groups in total. The van der Waals surface area contributed by atoms with Crippen LogP contribution in [0, 0.1) is 6.92 Å². The normalized spacial score (nSPS) is 17.2. The molecule has 1 saturated carbocycles. The van der Waals surface area contributed by atoms with E-state index in [2.05, 4.69) is 10.3 Å². The van der Waals surface area contributed by atoms with E-state index in [9.17, 15) is 9.59 Å². The van der Waals surface area contributed by atoms with Gasteiger partial charge in [0.25, 0.3) is 11.5 Å². The van der Waals surface area contributed by atoms with Crippen LogP contribution in [-0.2, 0) is 0 Å². The van der Waals surface area contributed by atoms with Gasteiger partial charge in [-0.1, -0.05) is 25.7 Å². The molecule has 0 aliphatic heterocycles. The van der Waals surface area contributed by atoms with Crippen molar-refractivity contribution in [1.29, 1.82) is 0 Å². The molecule has 1 amide bonds. The summed E-state index contributed by atoms with van der Waals surface area (Å²) in [5.41, 5.74) is 0.678. The molecule has 0 atom stereocenters. The topological polar surface area (TPSA) is 62.0 Å². The number of amides is 1. The Morgan fingerprint density at radius 3 is 2.50 bits per heavy atom. The number of aryl methyl sites for hydroxylation is 1. The van der Waals surface area contributed by atoms with Gasteiger partial charge >= 0.3 is 0 Å². The highest BCUT2D eigenvalue weighted by molar-refractivity contribution is 5.93. The Morgan fingerprint density at radius 1 is 1.22 bits per heavy atom. The molecule has 2 rings (SSSR count). The van der Waals surface area contributed by atoms with E-state index in [0.717, 1.165) is 31.4 Å². The zero-order valence-corrected chi connectivity index (χ0v) is 10.8. The Balaban J connectivity index is 2.04. The third-order valence-electron chi connectivity index (χ3n) is 3.49. The summed E-state index contributed by atoms with van der Waals surface area (Å²) < 4.78 is 0. The van der Waals surface area contributed by atoms with Crippen molar-refractivity contribution >= 4 is 5.91 Å². The molecule has 4 nitrogen and oxygen atoms in total. The lowest BCUT2D eigenvalue weighted by Crippen LogP contribution is -2.37. The summed E-state index contributed by atoms with van der Waals surface area (Å²) in [6.07, 6.45) is 6.87. The third-order valence-corrected chi connectivity index (χ3v) is 3.49. The smallest absolute Gasteiger partial charge is 0.260 e. The zero-order valence-electron chi connectivity index (χ0n) is 10.8.